The Morgan fingerprint density at radius 1 is 1.08 bits per heavy atom. The van der Waals surface area contributed by atoms with Gasteiger partial charge in [-0.2, -0.15) is 0 Å². The Kier molecular flexibility index (Phi) is 4.46. The van der Waals surface area contributed by atoms with E-state index in [0.29, 0.717) is 0 Å². The molecular weight excluding hydrogens is 176 g/mol. The largest absolute Gasteiger partial charge is 0.420 e. The Morgan fingerprint density at radius 2 is 1.62 bits per heavy atom. The molecule has 1 aliphatic rings. The van der Waals surface area contributed by atoms with Crippen LogP contribution in [0, 0.1) is 0 Å². The van der Waals surface area contributed by atoms with Crippen molar-refractivity contribution in [2.75, 3.05) is 7.11 Å². The van der Waals surface area contributed by atoms with Crippen LogP contribution in [0.25, 0.3) is 0 Å². The average Bonchev–Trinajstić information content (AvgIpc) is 2.23. The zero-order valence-electron chi connectivity index (χ0n) is 9.44. The van der Waals surface area contributed by atoms with E-state index in [2.05, 4.69) is 13.8 Å². The first-order valence-corrected chi connectivity index (χ1v) is 8.24. The van der Waals surface area contributed by atoms with Gasteiger partial charge in [0.15, 0.2) is 8.32 Å². The fourth-order valence-corrected chi connectivity index (χ4v) is 6.94. The maximum atomic E-state index is 5.91. The lowest BCUT2D eigenvalue weighted by Crippen LogP contribution is -2.41. The summed E-state index contributed by atoms with van der Waals surface area (Å²) in [4.78, 5) is 0. The molecule has 0 aromatic heterocycles. The van der Waals surface area contributed by atoms with Crippen LogP contribution in [0.3, 0.4) is 0 Å². The van der Waals surface area contributed by atoms with Gasteiger partial charge < -0.3 is 4.43 Å². The van der Waals surface area contributed by atoms with Crippen molar-refractivity contribution < 1.29 is 4.43 Å². The van der Waals surface area contributed by atoms with Gasteiger partial charge in [0.05, 0.1) is 0 Å². The molecule has 13 heavy (non-hydrogen) atoms. The topological polar surface area (TPSA) is 9.23 Å². The highest BCUT2D eigenvalue weighted by Crippen LogP contribution is 2.41. The molecule has 0 aromatic rings. The maximum Gasteiger partial charge on any atom is 0.194 e. The monoisotopic (exact) mass is 200 g/mol. The second-order valence-electron chi connectivity index (χ2n) is 4.31. The molecule has 0 N–H and O–H groups in total. The van der Waals surface area contributed by atoms with Crippen LogP contribution in [-0.4, -0.2) is 15.4 Å². The summed E-state index contributed by atoms with van der Waals surface area (Å²) in [6.45, 7) is 4.65. The third kappa shape index (κ3) is 2.35. The summed E-state index contributed by atoms with van der Waals surface area (Å²) in [7, 11) is 0.636. The van der Waals surface area contributed by atoms with Crippen LogP contribution in [0.15, 0.2) is 0 Å². The van der Waals surface area contributed by atoms with Crippen molar-refractivity contribution in [3.05, 3.63) is 0 Å². The highest BCUT2D eigenvalue weighted by Gasteiger charge is 2.39. The van der Waals surface area contributed by atoms with Crippen LogP contribution in [0.5, 0.6) is 0 Å². The summed E-state index contributed by atoms with van der Waals surface area (Å²) in [5.74, 6) is 0. The van der Waals surface area contributed by atoms with Gasteiger partial charge in [0.25, 0.3) is 0 Å². The van der Waals surface area contributed by atoms with E-state index in [1.807, 2.05) is 7.11 Å². The molecule has 0 aliphatic heterocycles. The predicted octanol–water partition coefficient (Wildman–Crippen LogP) is 3.95. The van der Waals surface area contributed by atoms with E-state index < -0.39 is 8.32 Å². The normalized spacial score (nSPS) is 20.5. The van der Waals surface area contributed by atoms with E-state index in [4.69, 9.17) is 4.43 Å². The highest BCUT2D eigenvalue weighted by atomic mass is 28.4. The van der Waals surface area contributed by atoms with Crippen molar-refractivity contribution >= 4 is 8.32 Å². The Bertz CT molecular complexity index is 129. The van der Waals surface area contributed by atoms with E-state index in [9.17, 15) is 0 Å². The summed E-state index contributed by atoms with van der Waals surface area (Å²) < 4.78 is 5.91. The van der Waals surface area contributed by atoms with Crippen LogP contribution in [0.1, 0.15) is 46.0 Å². The minimum Gasteiger partial charge on any atom is -0.420 e. The van der Waals surface area contributed by atoms with Crippen LogP contribution >= 0.6 is 0 Å². The van der Waals surface area contributed by atoms with Crippen LogP contribution < -0.4 is 0 Å². The van der Waals surface area contributed by atoms with E-state index in [1.54, 1.807) is 0 Å². The van der Waals surface area contributed by atoms with Gasteiger partial charge in [0.2, 0.25) is 0 Å². The van der Waals surface area contributed by atoms with E-state index in [0.717, 1.165) is 5.54 Å². The first kappa shape index (κ1) is 11.3. The summed E-state index contributed by atoms with van der Waals surface area (Å²) in [5.41, 5.74) is 0.959. The van der Waals surface area contributed by atoms with E-state index in [-0.39, 0.29) is 0 Å². The van der Waals surface area contributed by atoms with Crippen molar-refractivity contribution in [3.8, 4) is 0 Å². The molecule has 1 nitrogen and oxygen atoms in total. The fraction of sp³-hybridized carbons (Fsp3) is 1.00. The van der Waals surface area contributed by atoms with Crippen molar-refractivity contribution in [1.82, 2.24) is 0 Å². The van der Waals surface area contributed by atoms with Crippen LogP contribution in [0.4, 0.5) is 0 Å². The van der Waals surface area contributed by atoms with E-state index in [1.165, 1.54) is 44.2 Å². The molecule has 0 aromatic carbocycles. The number of rotatable bonds is 4. The molecule has 0 radical (unpaired) electrons. The minimum atomic E-state index is -1.32. The third-order valence-electron chi connectivity index (χ3n) is 3.95. The van der Waals surface area contributed by atoms with Gasteiger partial charge in [-0.25, -0.2) is 0 Å². The van der Waals surface area contributed by atoms with Gasteiger partial charge in [-0.05, 0) is 17.6 Å². The first-order valence-electron chi connectivity index (χ1n) is 5.84. The van der Waals surface area contributed by atoms with Gasteiger partial charge in [-0.1, -0.05) is 46.0 Å². The maximum absolute atomic E-state index is 5.91. The first-order chi connectivity index (χ1) is 6.29. The zero-order valence-corrected chi connectivity index (χ0v) is 10.4. The molecule has 0 amide bonds. The minimum absolute atomic E-state index is 0.959. The number of hydrogen-bond donors (Lipinski definition) is 0. The predicted molar refractivity (Wildman–Crippen MR) is 60.6 cm³/mol. The molecule has 0 heterocycles. The molecule has 0 saturated heterocycles. The van der Waals surface area contributed by atoms with E-state index >= 15 is 0 Å². The lowest BCUT2D eigenvalue weighted by atomic mass is 10.0. The highest BCUT2D eigenvalue weighted by molar-refractivity contribution is 6.75. The summed E-state index contributed by atoms with van der Waals surface area (Å²) in [5, 5.41) is 0. The van der Waals surface area contributed by atoms with Gasteiger partial charge in [0, 0.05) is 7.11 Å². The van der Waals surface area contributed by atoms with Crippen molar-refractivity contribution in [3.63, 3.8) is 0 Å². The smallest absolute Gasteiger partial charge is 0.194 e. The van der Waals surface area contributed by atoms with Crippen LogP contribution in [0.2, 0.25) is 17.6 Å². The molecule has 0 spiro atoms. The van der Waals surface area contributed by atoms with Crippen molar-refractivity contribution in [2.45, 2.75) is 63.6 Å². The Balaban J connectivity index is 2.60. The Morgan fingerprint density at radius 3 is 2.00 bits per heavy atom. The molecule has 1 rings (SSSR count). The molecule has 2 heteroatoms. The lowest BCUT2D eigenvalue weighted by molar-refractivity contribution is 0.352. The molecule has 0 bridgehead atoms. The van der Waals surface area contributed by atoms with Gasteiger partial charge >= 0.3 is 0 Å². The molecule has 78 valence electrons. The van der Waals surface area contributed by atoms with Gasteiger partial charge in [-0.3, -0.25) is 0 Å². The standard InChI is InChI=1S/C11H24OSi/c1-4-13(5-2,12-3)11-9-7-6-8-10-11/h11H,4-10H2,1-3H3. The van der Waals surface area contributed by atoms with Crippen molar-refractivity contribution in [1.29, 1.82) is 0 Å². The molecule has 0 unspecified atom stereocenters. The fourth-order valence-electron chi connectivity index (χ4n) is 2.91. The number of hydrogen-bond acceptors (Lipinski definition) is 1. The van der Waals surface area contributed by atoms with Crippen molar-refractivity contribution in [2.24, 2.45) is 0 Å². The van der Waals surface area contributed by atoms with Gasteiger partial charge in [0.1, 0.15) is 0 Å². The average molecular weight is 200 g/mol. The second kappa shape index (κ2) is 5.16. The Labute approximate surface area is 84.0 Å². The second-order valence-corrected chi connectivity index (χ2v) is 9.08. The summed E-state index contributed by atoms with van der Waals surface area (Å²) >= 11 is 0. The molecule has 0 atom stereocenters. The molecule has 1 aliphatic carbocycles. The Hall–Kier alpha value is 0.177. The third-order valence-corrected chi connectivity index (χ3v) is 9.22. The quantitative estimate of drug-likeness (QED) is 0.624. The summed E-state index contributed by atoms with van der Waals surface area (Å²) in [6.07, 6.45) is 7.24. The summed E-state index contributed by atoms with van der Waals surface area (Å²) in [6, 6.07) is 2.62. The SMILES string of the molecule is CC[Si](CC)(OC)C1CCCCC1. The van der Waals surface area contributed by atoms with Gasteiger partial charge in [-0.15, -0.1) is 0 Å². The molecule has 1 saturated carbocycles. The zero-order chi connectivity index (χ0) is 9.73. The molecular formula is C11H24OSi. The van der Waals surface area contributed by atoms with Crippen LogP contribution in [-0.2, 0) is 4.43 Å². The lowest BCUT2D eigenvalue weighted by Gasteiger charge is -2.38. The molecule has 1 fully saturated rings.